The van der Waals surface area contributed by atoms with E-state index in [0.29, 0.717) is 43.3 Å². The third kappa shape index (κ3) is 3.49. The molecule has 2 heterocycles. The Kier molecular flexibility index (Phi) is 5.82. The summed E-state index contributed by atoms with van der Waals surface area (Å²) in [5.41, 5.74) is 5.93. The van der Waals surface area contributed by atoms with Gasteiger partial charge in [0.15, 0.2) is 0 Å². The summed E-state index contributed by atoms with van der Waals surface area (Å²) in [4.78, 5) is 41.7. The Morgan fingerprint density at radius 1 is 1.10 bits per heavy atom. The van der Waals surface area contributed by atoms with Crippen LogP contribution in [0.4, 0.5) is 5.69 Å². The minimum absolute atomic E-state index is 0.157. The molecule has 1 aliphatic carbocycles. The first-order chi connectivity index (χ1) is 14.5. The first kappa shape index (κ1) is 20.8. The van der Waals surface area contributed by atoms with Gasteiger partial charge in [-0.3, -0.25) is 19.3 Å². The summed E-state index contributed by atoms with van der Waals surface area (Å²) in [5, 5.41) is 0. The van der Waals surface area contributed by atoms with Crippen LogP contribution in [0.5, 0.6) is 5.75 Å². The Labute approximate surface area is 177 Å². The zero-order chi connectivity index (χ0) is 21.3. The molecule has 0 radical (unpaired) electrons. The first-order valence-electron chi connectivity index (χ1n) is 11.0. The second kappa shape index (κ2) is 8.38. The number of rotatable bonds is 5. The van der Waals surface area contributed by atoms with Crippen LogP contribution in [0.3, 0.4) is 0 Å². The number of carbonyl (C=O) groups excluding carboxylic acids is 3. The highest BCUT2D eigenvalue weighted by atomic mass is 16.5. The van der Waals surface area contributed by atoms with Gasteiger partial charge in [-0.25, -0.2) is 4.90 Å². The van der Waals surface area contributed by atoms with Crippen LogP contribution in [-0.2, 0) is 14.4 Å². The second-order valence-corrected chi connectivity index (χ2v) is 8.85. The van der Waals surface area contributed by atoms with E-state index >= 15 is 0 Å². The van der Waals surface area contributed by atoms with E-state index in [0.717, 1.165) is 25.7 Å². The summed E-state index contributed by atoms with van der Waals surface area (Å²) in [6.07, 6.45) is 7.16. The molecule has 4 rings (SSSR count). The van der Waals surface area contributed by atoms with Gasteiger partial charge in [-0.1, -0.05) is 31.4 Å². The third-order valence-corrected chi connectivity index (χ3v) is 7.46. The Balaban J connectivity index is 1.49. The van der Waals surface area contributed by atoms with E-state index in [1.807, 2.05) is 6.07 Å². The second-order valence-electron chi connectivity index (χ2n) is 8.85. The molecule has 0 aromatic heterocycles. The minimum atomic E-state index is -0.486. The molecule has 3 aliphatic rings. The van der Waals surface area contributed by atoms with Crippen molar-refractivity contribution in [1.29, 1.82) is 0 Å². The molecule has 7 heteroatoms. The van der Waals surface area contributed by atoms with E-state index in [1.54, 1.807) is 18.2 Å². The lowest BCUT2D eigenvalue weighted by Crippen LogP contribution is -2.54. The van der Waals surface area contributed by atoms with Gasteiger partial charge in [0.1, 0.15) is 5.75 Å². The molecule has 1 aromatic rings. The molecule has 2 aliphatic heterocycles. The summed E-state index contributed by atoms with van der Waals surface area (Å²) in [6, 6.07) is 6.59. The number of likely N-dealkylation sites (tertiary alicyclic amines) is 1. The highest BCUT2D eigenvalue weighted by Crippen LogP contribution is 2.46. The molecule has 1 saturated carbocycles. The zero-order valence-electron chi connectivity index (χ0n) is 17.6. The fourth-order valence-corrected chi connectivity index (χ4v) is 5.71. The number of piperidine rings is 1. The Morgan fingerprint density at radius 2 is 1.77 bits per heavy atom. The van der Waals surface area contributed by atoms with Crippen molar-refractivity contribution in [3.8, 4) is 5.75 Å². The highest BCUT2D eigenvalue weighted by Gasteiger charge is 2.50. The first-order valence-corrected chi connectivity index (χ1v) is 11.0. The molecule has 1 atom stereocenters. The monoisotopic (exact) mass is 413 g/mol. The standard InChI is InChI=1S/C23H31N3O4/c1-30-19-10-6-5-9-17(19)26-20(27)15-18(21(26)28)25-13-11-23(12-14-25,22(24)29)16-7-3-2-4-8-16/h5-6,9-10,16,18H,2-4,7-8,11-15H2,1H3,(H2,24,29). The fourth-order valence-electron chi connectivity index (χ4n) is 5.71. The molecule has 1 aromatic carbocycles. The van der Waals surface area contributed by atoms with Crippen LogP contribution < -0.4 is 15.4 Å². The van der Waals surface area contributed by atoms with Crippen molar-refractivity contribution in [1.82, 2.24) is 4.90 Å². The van der Waals surface area contributed by atoms with Gasteiger partial charge in [0.2, 0.25) is 11.8 Å². The van der Waals surface area contributed by atoms with E-state index in [9.17, 15) is 14.4 Å². The summed E-state index contributed by atoms with van der Waals surface area (Å²) in [6.45, 7) is 1.23. The molecule has 0 spiro atoms. The minimum Gasteiger partial charge on any atom is -0.495 e. The smallest absolute Gasteiger partial charge is 0.251 e. The number of imide groups is 1. The molecular formula is C23H31N3O4. The molecule has 3 fully saturated rings. The van der Waals surface area contributed by atoms with Crippen molar-refractivity contribution >= 4 is 23.4 Å². The largest absolute Gasteiger partial charge is 0.495 e. The van der Waals surface area contributed by atoms with E-state index in [2.05, 4.69) is 4.90 Å². The highest BCUT2D eigenvalue weighted by molar-refractivity contribution is 6.23. The van der Waals surface area contributed by atoms with Crippen molar-refractivity contribution < 1.29 is 19.1 Å². The van der Waals surface area contributed by atoms with Gasteiger partial charge in [-0.05, 0) is 56.8 Å². The number of para-hydroxylation sites is 2. The van der Waals surface area contributed by atoms with Gasteiger partial charge in [-0.2, -0.15) is 0 Å². The van der Waals surface area contributed by atoms with E-state index < -0.39 is 11.5 Å². The van der Waals surface area contributed by atoms with Crippen molar-refractivity contribution in [3.05, 3.63) is 24.3 Å². The normalized spacial score (nSPS) is 25.5. The van der Waals surface area contributed by atoms with E-state index in [-0.39, 0.29) is 24.1 Å². The quantitative estimate of drug-likeness (QED) is 0.749. The van der Waals surface area contributed by atoms with Gasteiger partial charge in [0.05, 0.1) is 30.7 Å². The summed E-state index contributed by atoms with van der Waals surface area (Å²) in [5.74, 6) is 0.223. The number of amides is 3. The molecule has 162 valence electrons. The number of nitrogens with two attached hydrogens (primary N) is 1. The molecule has 1 unspecified atom stereocenters. The maximum absolute atomic E-state index is 13.2. The van der Waals surface area contributed by atoms with Crippen LogP contribution in [0.1, 0.15) is 51.4 Å². The van der Waals surface area contributed by atoms with Crippen LogP contribution >= 0.6 is 0 Å². The van der Waals surface area contributed by atoms with Crippen molar-refractivity contribution in [2.75, 3.05) is 25.1 Å². The van der Waals surface area contributed by atoms with Gasteiger partial charge in [-0.15, -0.1) is 0 Å². The van der Waals surface area contributed by atoms with E-state index in [1.165, 1.54) is 18.4 Å². The lowest BCUT2D eigenvalue weighted by atomic mass is 9.63. The number of hydrogen-bond donors (Lipinski definition) is 1. The topological polar surface area (TPSA) is 92.9 Å². The van der Waals surface area contributed by atoms with Crippen LogP contribution in [0.15, 0.2) is 24.3 Å². The predicted molar refractivity (Wildman–Crippen MR) is 113 cm³/mol. The molecular weight excluding hydrogens is 382 g/mol. The summed E-state index contributed by atoms with van der Waals surface area (Å²) in [7, 11) is 1.53. The van der Waals surface area contributed by atoms with Gasteiger partial charge in [0.25, 0.3) is 5.91 Å². The van der Waals surface area contributed by atoms with Crippen molar-refractivity contribution in [2.24, 2.45) is 17.1 Å². The Bertz CT molecular complexity index is 825. The van der Waals surface area contributed by atoms with Gasteiger partial charge in [0, 0.05) is 0 Å². The number of nitrogens with zero attached hydrogens (tertiary/aromatic N) is 2. The van der Waals surface area contributed by atoms with Crippen molar-refractivity contribution in [2.45, 2.75) is 57.4 Å². The van der Waals surface area contributed by atoms with Gasteiger partial charge >= 0.3 is 0 Å². The molecule has 30 heavy (non-hydrogen) atoms. The number of ether oxygens (including phenoxy) is 1. The number of benzene rings is 1. The predicted octanol–water partition coefficient (Wildman–Crippen LogP) is 2.47. The zero-order valence-corrected chi connectivity index (χ0v) is 17.6. The van der Waals surface area contributed by atoms with Crippen LogP contribution in [0.2, 0.25) is 0 Å². The van der Waals surface area contributed by atoms with Crippen LogP contribution in [0.25, 0.3) is 0 Å². The SMILES string of the molecule is COc1ccccc1N1C(=O)CC(N2CCC(C(N)=O)(C3CCCCC3)CC2)C1=O. The number of primary amides is 1. The molecule has 0 bridgehead atoms. The third-order valence-electron chi connectivity index (χ3n) is 7.46. The maximum Gasteiger partial charge on any atom is 0.251 e. The van der Waals surface area contributed by atoms with Crippen LogP contribution in [-0.4, -0.2) is 48.9 Å². The fraction of sp³-hybridized carbons (Fsp3) is 0.609. The lowest BCUT2D eigenvalue weighted by molar-refractivity contribution is -0.137. The number of carbonyl (C=O) groups is 3. The number of methoxy groups -OCH3 is 1. The Morgan fingerprint density at radius 3 is 2.40 bits per heavy atom. The average Bonchev–Trinajstić information content (AvgIpc) is 3.08. The maximum atomic E-state index is 13.2. The number of anilines is 1. The molecule has 3 amide bonds. The Hall–Kier alpha value is -2.41. The van der Waals surface area contributed by atoms with E-state index in [4.69, 9.17) is 10.5 Å². The van der Waals surface area contributed by atoms with Crippen molar-refractivity contribution in [3.63, 3.8) is 0 Å². The lowest BCUT2D eigenvalue weighted by Gasteiger charge is -2.46. The molecule has 2 saturated heterocycles. The summed E-state index contributed by atoms with van der Waals surface area (Å²) >= 11 is 0. The molecule has 2 N–H and O–H groups in total. The average molecular weight is 414 g/mol. The number of hydrogen-bond acceptors (Lipinski definition) is 5. The molecule has 7 nitrogen and oxygen atoms in total. The van der Waals surface area contributed by atoms with Gasteiger partial charge < -0.3 is 10.5 Å². The van der Waals surface area contributed by atoms with Crippen LogP contribution in [0, 0.1) is 11.3 Å². The summed E-state index contributed by atoms with van der Waals surface area (Å²) < 4.78 is 5.34.